The second-order valence-electron chi connectivity index (χ2n) is 4.05. The Hall–Kier alpha value is -2.36. The Balaban J connectivity index is 2.37. The molecule has 0 fully saturated rings. The minimum atomic E-state index is -1.05. The van der Waals surface area contributed by atoms with Crippen molar-refractivity contribution < 1.29 is 14.6 Å². The molecule has 1 aromatic carbocycles. The van der Waals surface area contributed by atoms with Crippen LogP contribution in [-0.2, 0) is 0 Å². The number of rotatable bonds is 3. The van der Waals surface area contributed by atoms with E-state index in [1.54, 1.807) is 6.07 Å². The zero-order chi connectivity index (χ0) is 13.1. The van der Waals surface area contributed by atoms with E-state index in [1.165, 1.54) is 12.4 Å². The Morgan fingerprint density at radius 2 is 2.00 bits per heavy atom. The number of carbonyl (C=O) groups is 1. The van der Waals surface area contributed by atoms with Crippen LogP contribution in [0.15, 0.2) is 36.7 Å². The second-order valence-corrected chi connectivity index (χ2v) is 4.05. The molecule has 0 radical (unpaired) electrons. The second kappa shape index (κ2) is 4.87. The van der Waals surface area contributed by atoms with Crippen molar-refractivity contribution >= 4 is 5.97 Å². The molecule has 0 saturated heterocycles. The van der Waals surface area contributed by atoms with Crippen LogP contribution in [0.1, 0.15) is 21.5 Å². The van der Waals surface area contributed by atoms with Gasteiger partial charge < -0.3 is 9.84 Å². The first kappa shape index (κ1) is 12.1. The van der Waals surface area contributed by atoms with Gasteiger partial charge in [-0.05, 0) is 25.5 Å². The summed E-state index contributed by atoms with van der Waals surface area (Å²) >= 11 is 0. The summed E-state index contributed by atoms with van der Waals surface area (Å²) in [6, 6.07) is 7.28. The molecule has 0 spiro atoms. The van der Waals surface area contributed by atoms with Crippen LogP contribution in [0.4, 0.5) is 0 Å². The quantitative estimate of drug-likeness (QED) is 0.899. The first-order valence-electron chi connectivity index (χ1n) is 5.50. The highest BCUT2D eigenvalue weighted by Crippen LogP contribution is 2.27. The van der Waals surface area contributed by atoms with Crippen LogP contribution >= 0.6 is 0 Å². The Bertz CT molecular complexity index is 593. The van der Waals surface area contributed by atoms with E-state index in [0.717, 1.165) is 11.1 Å². The van der Waals surface area contributed by atoms with Crippen LogP contribution < -0.4 is 4.74 Å². The number of nitrogens with zero attached hydrogens (tertiary/aromatic N) is 1. The summed E-state index contributed by atoms with van der Waals surface area (Å²) in [5.41, 5.74) is 2.15. The number of carboxylic acid groups (broad SMARTS) is 1. The number of benzene rings is 1. The molecular formula is C14H13NO3. The third kappa shape index (κ3) is 2.48. The van der Waals surface area contributed by atoms with E-state index >= 15 is 0 Å². The summed E-state index contributed by atoms with van der Waals surface area (Å²) < 4.78 is 5.64. The highest BCUT2D eigenvalue weighted by Gasteiger charge is 2.12. The number of hydrogen-bond acceptors (Lipinski definition) is 3. The Kier molecular flexibility index (Phi) is 3.28. The average Bonchev–Trinajstić information content (AvgIpc) is 2.33. The fourth-order valence-corrected chi connectivity index (χ4v) is 1.66. The summed E-state index contributed by atoms with van der Waals surface area (Å²) in [6.45, 7) is 3.91. The summed E-state index contributed by atoms with van der Waals surface area (Å²) in [5, 5.41) is 9.04. The lowest BCUT2D eigenvalue weighted by atomic mass is 10.1. The van der Waals surface area contributed by atoms with Crippen molar-refractivity contribution in [3.05, 3.63) is 53.3 Å². The topological polar surface area (TPSA) is 59.4 Å². The van der Waals surface area contributed by atoms with Crippen LogP contribution in [0.25, 0.3) is 0 Å². The summed E-state index contributed by atoms with van der Waals surface area (Å²) in [7, 11) is 0. The number of aryl methyl sites for hydroxylation is 2. The van der Waals surface area contributed by atoms with E-state index in [4.69, 9.17) is 9.84 Å². The molecule has 0 atom stereocenters. The molecule has 0 unspecified atom stereocenters. The van der Waals surface area contributed by atoms with Crippen LogP contribution in [0.2, 0.25) is 0 Å². The maximum atomic E-state index is 11.0. The van der Waals surface area contributed by atoms with Crippen molar-refractivity contribution in [2.45, 2.75) is 13.8 Å². The SMILES string of the molecule is Cc1ccc(Oc2ccncc2C(=O)O)c(C)c1. The predicted octanol–water partition coefficient (Wildman–Crippen LogP) is 3.19. The molecule has 0 amide bonds. The maximum absolute atomic E-state index is 11.0. The molecule has 0 bridgehead atoms. The molecule has 1 N–H and O–H groups in total. The molecule has 2 aromatic rings. The van der Waals surface area contributed by atoms with Gasteiger partial charge in [0.2, 0.25) is 0 Å². The van der Waals surface area contributed by atoms with Gasteiger partial charge in [0.1, 0.15) is 17.1 Å². The van der Waals surface area contributed by atoms with Gasteiger partial charge in [-0.2, -0.15) is 0 Å². The molecule has 0 saturated carbocycles. The highest BCUT2D eigenvalue weighted by molar-refractivity contribution is 5.90. The zero-order valence-electron chi connectivity index (χ0n) is 10.2. The largest absolute Gasteiger partial charge is 0.477 e. The number of aromatic nitrogens is 1. The van der Waals surface area contributed by atoms with Crippen molar-refractivity contribution in [2.75, 3.05) is 0 Å². The van der Waals surface area contributed by atoms with Crippen LogP contribution in [0.3, 0.4) is 0 Å². The first-order valence-corrected chi connectivity index (χ1v) is 5.50. The van der Waals surface area contributed by atoms with Crippen LogP contribution in [0, 0.1) is 13.8 Å². The number of hydrogen-bond donors (Lipinski definition) is 1. The van der Waals surface area contributed by atoms with E-state index in [2.05, 4.69) is 4.98 Å². The minimum Gasteiger partial charge on any atom is -0.477 e. The standard InChI is InChI=1S/C14H13NO3/c1-9-3-4-12(10(2)7-9)18-13-5-6-15-8-11(13)14(16)17/h3-8H,1-2H3,(H,16,17). The molecule has 0 aliphatic carbocycles. The van der Waals surface area contributed by atoms with Gasteiger partial charge in [-0.1, -0.05) is 17.7 Å². The van der Waals surface area contributed by atoms with Gasteiger partial charge in [0.15, 0.2) is 0 Å². The van der Waals surface area contributed by atoms with Crippen LogP contribution in [0.5, 0.6) is 11.5 Å². The summed E-state index contributed by atoms with van der Waals surface area (Å²) in [4.78, 5) is 14.8. The average molecular weight is 243 g/mol. The van der Waals surface area contributed by atoms with Gasteiger partial charge in [-0.3, -0.25) is 4.98 Å². The molecule has 18 heavy (non-hydrogen) atoms. The molecule has 92 valence electrons. The lowest BCUT2D eigenvalue weighted by Crippen LogP contribution is -2.01. The summed E-state index contributed by atoms with van der Waals surface area (Å²) in [5.74, 6) is -0.110. The van der Waals surface area contributed by atoms with Crippen molar-refractivity contribution in [2.24, 2.45) is 0 Å². The molecule has 4 nitrogen and oxygen atoms in total. The Morgan fingerprint density at radius 3 is 2.67 bits per heavy atom. The number of ether oxygens (including phenoxy) is 1. The normalized spacial score (nSPS) is 10.1. The van der Waals surface area contributed by atoms with Crippen molar-refractivity contribution in [3.8, 4) is 11.5 Å². The maximum Gasteiger partial charge on any atom is 0.341 e. The minimum absolute atomic E-state index is 0.0532. The zero-order valence-corrected chi connectivity index (χ0v) is 10.2. The molecule has 0 aliphatic rings. The van der Waals surface area contributed by atoms with Crippen molar-refractivity contribution in [3.63, 3.8) is 0 Å². The highest BCUT2D eigenvalue weighted by atomic mass is 16.5. The fraction of sp³-hybridized carbons (Fsp3) is 0.143. The predicted molar refractivity (Wildman–Crippen MR) is 67.2 cm³/mol. The molecule has 4 heteroatoms. The van der Waals surface area contributed by atoms with Gasteiger partial charge in [-0.25, -0.2) is 4.79 Å². The number of carboxylic acids is 1. The van der Waals surface area contributed by atoms with E-state index in [9.17, 15) is 4.79 Å². The van der Waals surface area contributed by atoms with E-state index in [1.807, 2.05) is 32.0 Å². The van der Waals surface area contributed by atoms with Crippen molar-refractivity contribution in [1.82, 2.24) is 4.98 Å². The Labute approximate surface area is 105 Å². The van der Waals surface area contributed by atoms with E-state index in [0.29, 0.717) is 11.5 Å². The number of aromatic carboxylic acids is 1. The molecule has 1 heterocycles. The third-order valence-electron chi connectivity index (χ3n) is 2.56. The Morgan fingerprint density at radius 1 is 1.22 bits per heavy atom. The fourth-order valence-electron chi connectivity index (χ4n) is 1.66. The molecular weight excluding hydrogens is 230 g/mol. The first-order chi connectivity index (χ1) is 8.58. The monoisotopic (exact) mass is 243 g/mol. The third-order valence-corrected chi connectivity index (χ3v) is 2.56. The van der Waals surface area contributed by atoms with E-state index < -0.39 is 5.97 Å². The smallest absolute Gasteiger partial charge is 0.341 e. The van der Waals surface area contributed by atoms with Gasteiger partial charge >= 0.3 is 5.97 Å². The van der Waals surface area contributed by atoms with Gasteiger partial charge in [0, 0.05) is 18.5 Å². The number of pyridine rings is 1. The van der Waals surface area contributed by atoms with Gasteiger partial charge in [0.05, 0.1) is 0 Å². The lowest BCUT2D eigenvalue weighted by molar-refractivity contribution is 0.0693. The lowest BCUT2D eigenvalue weighted by Gasteiger charge is -2.10. The van der Waals surface area contributed by atoms with E-state index in [-0.39, 0.29) is 5.56 Å². The van der Waals surface area contributed by atoms with Gasteiger partial charge in [0.25, 0.3) is 0 Å². The summed E-state index contributed by atoms with van der Waals surface area (Å²) in [6.07, 6.45) is 2.78. The van der Waals surface area contributed by atoms with Crippen LogP contribution in [-0.4, -0.2) is 16.1 Å². The van der Waals surface area contributed by atoms with Crippen molar-refractivity contribution in [1.29, 1.82) is 0 Å². The van der Waals surface area contributed by atoms with Gasteiger partial charge in [-0.15, -0.1) is 0 Å². The molecule has 2 rings (SSSR count). The molecule has 0 aliphatic heterocycles. The molecule has 1 aromatic heterocycles.